The summed E-state index contributed by atoms with van der Waals surface area (Å²) in [6.45, 7) is 3.44. The Labute approximate surface area is 360 Å². The minimum absolute atomic E-state index is 0.266. The molecule has 0 spiro atoms. The van der Waals surface area contributed by atoms with Gasteiger partial charge in [0.2, 0.25) is 5.91 Å². The Balaban J connectivity index is 2.32. The van der Waals surface area contributed by atoms with Gasteiger partial charge in [-0.05, 0) is 12.8 Å². The third-order valence-electron chi connectivity index (χ3n) is 12.4. The second-order valence-corrected chi connectivity index (χ2v) is 17.9. The Bertz CT molecular complexity index is 928. The van der Waals surface area contributed by atoms with Gasteiger partial charge in [0, 0.05) is 0 Å². The van der Waals surface area contributed by atoms with E-state index in [1.165, 1.54) is 154 Å². The molecule has 1 saturated heterocycles. The fourth-order valence-electron chi connectivity index (χ4n) is 8.27. The number of unbranched alkanes of at least 4 members (excludes halogenated alkanes) is 30. The smallest absolute Gasteiger partial charge is 0.249 e. The van der Waals surface area contributed by atoms with Crippen LogP contribution in [-0.4, -0.2) is 110 Å². The first-order valence-electron chi connectivity index (χ1n) is 24.9. The first-order valence-corrected chi connectivity index (χ1v) is 24.9. The number of carbonyl (C=O) groups excluding carboxylic acids is 1. The maximum absolute atomic E-state index is 13.1. The number of hydrogen-bond donors (Lipinski definition) is 8. The topological polar surface area (TPSA) is 189 Å². The van der Waals surface area contributed by atoms with Crippen LogP contribution in [0.25, 0.3) is 0 Å². The summed E-state index contributed by atoms with van der Waals surface area (Å²) in [5.41, 5.74) is 0. The Morgan fingerprint density at radius 3 is 1.25 bits per heavy atom. The Morgan fingerprint density at radius 2 is 0.881 bits per heavy atom. The molecule has 0 aromatic heterocycles. The normalized spacial score (nSPS) is 21.7. The lowest BCUT2D eigenvalue weighted by atomic mass is 9.98. The zero-order valence-electron chi connectivity index (χ0n) is 38.0. The number of rotatable bonds is 42. The van der Waals surface area contributed by atoms with Crippen LogP contribution in [0, 0.1) is 0 Å². The van der Waals surface area contributed by atoms with Crippen molar-refractivity contribution in [3.8, 4) is 0 Å². The number of nitrogens with one attached hydrogen (secondary N) is 1. The average Bonchev–Trinajstić information content (AvgIpc) is 3.23. The zero-order valence-corrected chi connectivity index (χ0v) is 38.0. The molecular formula is C48H95NO10. The predicted molar refractivity (Wildman–Crippen MR) is 238 cm³/mol. The highest BCUT2D eigenvalue weighted by molar-refractivity contribution is 5.80. The minimum Gasteiger partial charge on any atom is -0.394 e. The average molecular weight is 846 g/mol. The number of aliphatic hydroxyl groups is 7. The SMILES string of the molecule is CCCCCCCCCCCCCCCCCCCCCCCCC(O)C(=O)NC(COC1OC(CO)C(O)C(O)C1O)C(O)C(O)CCCCCCCCCCCC. The van der Waals surface area contributed by atoms with Crippen molar-refractivity contribution in [1.82, 2.24) is 5.32 Å². The van der Waals surface area contributed by atoms with Crippen molar-refractivity contribution in [2.75, 3.05) is 13.2 Å². The molecule has 0 aromatic carbocycles. The van der Waals surface area contributed by atoms with Gasteiger partial charge in [0.15, 0.2) is 6.29 Å². The molecule has 1 aliphatic heterocycles. The standard InChI is InChI=1S/C48H95NO10/c1-3-5-7-9-11-13-15-16-17-18-19-20-21-22-23-24-25-26-28-30-32-34-36-41(52)47(57)49-39(38-58-48-46(56)45(55)44(54)42(37-50)59-48)43(53)40(51)35-33-31-29-27-14-12-10-8-6-4-2/h39-46,48,50-56H,3-38H2,1-2H3,(H,49,57). The molecule has 11 heteroatoms. The molecule has 0 radical (unpaired) electrons. The van der Waals surface area contributed by atoms with Crippen LogP contribution in [0.3, 0.4) is 0 Å². The van der Waals surface area contributed by atoms with Crippen molar-refractivity contribution in [2.45, 2.75) is 287 Å². The van der Waals surface area contributed by atoms with Gasteiger partial charge >= 0.3 is 0 Å². The molecule has 59 heavy (non-hydrogen) atoms. The largest absolute Gasteiger partial charge is 0.394 e. The number of aliphatic hydroxyl groups excluding tert-OH is 7. The molecule has 0 aromatic rings. The molecule has 1 aliphatic rings. The second-order valence-electron chi connectivity index (χ2n) is 17.9. The number of amides is 1. The first-order chi connectivity index (χ1) is 28.7. The van der Waals surface area contributed by atoms with Crippen molar-refractivity contribution in [3.05, 3.63) is 0 Å². The van der Waals surface area contributed by atoms with E-state index in [-0.39, 0.29) is 6.42 Å². The summed E-state index contributed by atoms with van der Waals surface area (Å²) in [4.78, 5) is 13.1. The third-order valence-corrected chi connectivity index (χ3v) is 12.4. The lowest BCUT2D eigenvalue weighted by Crippen LogP contribution is -2.60. The highest BCUT2D eigenvalue weighted by Crippen LogP contribution is 2.23. The van der Waals surface area contributed by atoms with Gasteiger partial charge in [0.05, 0.1) is 25.4 Å². The lowest BCUT2D eigenvalue weighted by molar-refractivity contribution is -0.303. The Hall–Kier alpha value is -0.890. The van der Waals surface area contributed by atoms with Gasteiger partial charge in [-0.3, -0.25) is 4.79 Å². The highest BCUT2D eigenvalue weighted by atomic mass is 16.7. The molecule has 9 atom stereocenters. The zero-order chi connectivity index (χ0) is 43.4. The fraction of sp³-hybridized carbons (Fsp3) is 0.979. The minimum atomic E-state index is -1.66. The van der Waals surface area contributed by atoms with E-state index in [0.29, 0.717) is 19.3 Å². The summed E-state index contributed by atoms with van der Waals surface area (Å²) in [6, 6.07) is -1.16. The molecule has 11 nitrogen and oxygen atoms in total. The highest BCUT2D eigenvalue weighted by Gasteiger charge is 2.44. The van der Waals surface area contributed by atoms with Crippen LogP contribution in [0.4, 0.5) is 0 Å². The second kappa shape index (κ2) is 38.8. The monoisotopic (exact) mass is 846 g/mol. The molecule has 1 heterocycles. The summed E-state index contributed by atoms with van der Waals surface area (Å²) >= 11 is 0. The molecule has 352 valence electrons. The van der Waals surface area contributed by atoms with Crippen LogP contribution in [0.2, 0.25) is 0 Å². The van der Waals surface area contributed by atoms with Gasteiger partial charge in [0.25, 0.3) is 0 Å². The fourth-order valence-corrected chi connectivity index (χ4v) is 8.27. The van der Waals surface area contributed by atoms with Gasteiger partial charge in [-0.2, -0.15) is 0 Å². The van der Waals surface area contributed by atoms with E-state index >= 15 is 0 Å². The Kier molecular flexibility index (Phi) is 36.9. The van der Waals surface area contributed by atoms with E-state index < -0.39 is 74.2 Å². The summed E-state index contributed by atoms with van der Waals surface area (Å²) < 4.78 is 11.1. The number of carbonyl (C=O) groups is 1. The van der Waals surface area contributed by atoms with Gasteiger partial charge in [-0.1, -0.05) is 219 Å². The van der Waals surface area contributed by atoms with Crippen molar-refractivity contribution >= 4 is 5.91 Å². The van der Waals surface area contributed by atoms with Crippen LogP contribution in [0.5, 0.6) is 0 Å². The molecule has 8 N–H and O–H groups in total. The van der Waals surface area contributed by atoms with Crippen LogP contribution < -0.4 is 5.32 Å². The Morgan fingerprint density at radius 1 is 0.525 bits per heavy atom. The molecule has 1 amide bonds. The van der Waals surface area contributed by atoms with Gasteiger partial charge in [-0.25, -0.2) is 0 Å². The number of hydrogen-bond acceptors (Lipinski definition) is 10. The van der Waals surface area contributed by atoms with E-state index in [0.717, 1.165) is 38.5 Å². The molecule has 0 saturated carbocycles. The maximum atomic E-state index is 13.1. The molecule has 1 rings (SSSR count). The van der Waals surface area contributed by atoms with Crippen LogP contribution in [0.15, 0.2) is 0 Å². The number of ether oxygens (including phenoxy) is 2. The summed E-state index contributed by atoms with van der Waals surface area (Å²) in [7, 11) is 0. The van der Waals surface area contributed by atoms with E-state index in [1.54, 1.807) is 0 Å². The van der Waals surface area contributed by atoms with Crippen molar-refractivity contribution in [3.63, 3.8) is 0 Å². The quantitative estimate of drug-likeness (QED) is 0.0276. The predicted octanol–water partition coefficient (Wildman–Crippen LogP) is 8.67. The molecule has 0 bridgehead atoms. The van der Waals surface area contributed by atoms with Crippen LogP contribution in [0.1, 0.15) is 232 Å². The van der Waals surface area contributed by atoms with Crippen LogP contribution in [-0.2, 0) is 14.3 Å². The molecule has 9 unspecified atom stereocenters. The van der Waals surface area contributed by atoms with E-state index in [4.69, 9.17) is 9.47 Å². The maximum Gasteiger partial charge on any atom is 0.249 e. The van der Waals surface area contributed by atoms with Gasteiger partial charge in [0.1, 0.15) is 36.6 Å². The van der Waals surface area contributed by atoms with E-state index in [2.05, 4.69) is 19.2 Å². The van der Waals surface area contributed by atoms with E-state index in [1.807, 2.05) is 0 Å². The molecule has 1 fully saturated rings. The first kappa shape index (κ1) is 56.1. The molecular weight excluding hydrogens is 751 g/mol. The molecule has 0 aliphatic carbocycles. The van der Waals surface area contributed by atoms with Gasteiger partial charge in [-0.15, -0.1) is 0 Å². The summed E-state index contributed by atoms with van der Waals surface area (Å²) in [6.07, 6.45) is 28.8. The van der Waals surface area contributed by atoms with Crippen LogP contribution >= 0.6 is 0 Å². The lowest BCUT2D eigenvalue weighted by Gasteiger charge is -2.40. The third kappa shape index (κ3) is 28.4. The summed E-state index contributed by atoms with van der Waals surface area (Å²) in [5, 5.41) is 75.6. The van der Waals surface area contributed by atoms with E-state index in [9.17, 15) is 40.5 Å². The summed E-state index contributed by atoms with van der Waals surface area (Å²) in [5.74, 6) is -0.693. The van der Waals surface area contributed by atoms with Crippen molar-refractivity contribution in [2.24, 2.45) is 0 Å². The van der Waals surface area contributed by atoms with Crippen molar-refractivity contribution in [1.29, 1.82) is 0 Å². The van der Waals surface area contributed by atoms with Gasteiger partial charge < -0.3 is 50.5 Å². The van der Waals surface area contributed by atoms with Crippen molar-refractivity contribution < 1.29 is 50.0 Å².